The molecule has 54 heavy (non-hydrogen) atoms. The Kier molecular flexibility index (Phi) is 8.43. The van der Waals surface area contributed by atoms with Crippen LogP contribution in [0.25, 0.3) is 89.5 Å². The van der Waals surface area contributed by atoms with E-state index < -0.39 is 0 Å². The van der Waals surface area contributed by atoms with E-state index in [9.17, 15) is 0 Å². The van der Waals surface area contributed by atoms with E-state index in [1.54, 1.807) is 0 Å². The van der Waals surface area contributed by atoms with Crippen LogP contribution >= 0.6 is 0 Å². The van der Waals surface area contributed by atoms with Gasteiger partial charge in [-0.05, 0) is 57.6 Å². The van der Waals surface area contributed by atoms with Gasteiger partial charge in [0, 0.05) is 27.5 Å². The molecule has 250 valence electrons. The summed E-state index contributed by atoms with van der Waals surface area (Å²) >= 11 is 0. The van der Waals surface area contributed by atoms with Gasteiger partial charge >= 0.3 is 0 Å². The van der Waals surface area contributed by atoms with E-state index in [4.69, 9.17) is 19.4 Å². The number of rotatable bonds is 6. The van der Waals surface area contributed by atoms with Crippen molar-refractivity contribution in [3.63, 3.8) is 0 Å². The summed E-state index contributed by atoms with van der Waals surface area (Å²) in [5.41, 5.74) is 18.6. The Bertz CT molecular complexity index is 2770. The van der Waals surface area contributed by atoms with Crippen LogP contribution in [0.3, 0.4) is 0 Å². The van der Waals surface area contributed by atoms with Gasteiger partial charge in [0.1, 0.15) is 50.4 Å². The Morgan fingerprint density at radius 3 is 1.28 bits per heavy atom. The smallest absolute Gasteiger partial charge is 0.164 e. The Morgan fingerprint density at radius 2 is 0.741 bits per heavy atom. The lowest BCUT2D eigenvalue weighted by atomic mass is 9.59. The number of furan rings is 1. The fraction of sp³-hybridized carbons (Fsp3) is 0. The van der Waals surface area contributed by atoms with Gasteiger partial charge in [0.15, 0.2) is 17.5 Å². The van der Waals surface area contributed by atoms with E-state index in [1.165, 1.54) is 49.6 Å². The summed E-state index contributed by atoms with van der Waals surface area (Å²) in [4.78, 5) is 14.7. The molecule has 0 aliphatic rings. The molecular formula is C45H34B5N3O. The predicted molar refractivity (Wildman–Crippen MR) is 241 cm³/mol. The van der Waals surface area contributed by atoms with Crippen molar-refractivity contribution in [1.82, 2.24) is 15.0 Å². The standard InChI is InChI=1S/C45H34B5N3O/c46-38-37(39(47)41(49)42(50)40(38)48)28-17-15-26(16-18-28)25-11-13-27(14-12-25)31-20-22-35-34(23-31)33-21-19-32(24-36(33)54-35)45-52-43(29-7-3-1-4-8-29)51-44(53-45)30-9-5-2-6-10-30/h1-24H,46-50H2. The molecule has 0 unspecified atom stereocenters. The van der Waals surface area contributed by atoms with Crippen molar-refractivity contribution in [1.29, 1.82) is 0 Å². The predicted octanol–water partition coefficient (Wildman–Crippen LogP) is 3.07. The first-order valence-corrected chi connectivity index (χ1v) is 18.4. The first-order valence-electron chi connectivity index (χ1n) is 18.4. The number of nitrogens with zero attached hydrogens (tertiary/aromatic N) is 3. The van der Waals surface area contributed by atoms with Crippen molar-refractivity contribution in [3.05, 3.63) is 146 Å². The molecule has 0 aliphatic carbocycles. The fourth-order valence-electron chi connectivity index (χ4n) is 7.65. The molecule has 9 aromatic rings. The fourth-order valence-corrected chi connectivity index (χ4v) is 7.65. The monoisotopic (exact) mass is 687 g/mol. The molecule has 4 nitrogen and oxygen atoms in total. The summed E-state index contributed by atoms with van der Waals surface area (Å²) in [5, 5.41) is 2.13. The third-order valence-corrected chi connectivity index (χ3v) is 11.2. The lowest BCUT2D eigenvalue weighted by Gasteiger charge is -2.20. The lowest BCUT2D eigenvalue weighted by Crippen LogP contribution is -2.55. The minimum atomic E-state index is 0.603. The molecule has 0 saturated carbocycles. The van der Waals surface area contributed by atoms with Crippen LogP contribution in [0.5, 0.6) is 0 Å². The Balaban J connectivity index is 1.02. The van der Waals surface area contributed by atoms with Gasteiger partial charge in [-0.3, -0.25) is 0 Å². The van der Waals surface area contributed by atoms with E-state index >= 15 is 0 Å². The van der Waals surface area contributed by atoms with Gasteiger partial charge < -0.3 is 4.42 Å². The van der Waals surface area contributed by atoms with E-state index in [2.05, 4.69) is 118 Å². The average molecular weight is 687 g/mol. The molecule has 7 aromatic carbocycles. The molecule has 2 aromatic heterocycles. The maximum absolute atomic E-state index is 6.42. The third-order valence-electron chi connectivity index (χ3n) is 11.2. The van der Waals surface area contributed by atoms with Gasteiger partial charge in [-0.2, -0.15) is 0 Å². The number of hydrogen-bond donors (Lipinski definition) is 0. The molecule has 0 amide bonds. The first kappa shape index (κ1) is 33.5. The molecule has 0 atom stereocenters. The highest BCUT2D eigenvalue weighted by molar-refractivity contribution is 6.68. The second-order valence-electron chi connectivity index (χ2n) is 14.2. The van der Waals surface area contributed by atoms with Gasteiger partial charge in [0.05, 0.1) is 0 Å². The Hall–Kier alpha value is -6.33. The average Bonchev–Trinajstić information content (AvgIpc) is 3.60. The van der Waals surface area contributed by atoms with Gasteiger partial charge in [0.2, 0.25) is 0 Å². The van der Waals surface area contributed by atoms with Crippen LogP contribution in [0.4, 0.5) is 0 Å². The summed E-state index contributed by atoms with van der Waals surface area (Å²) in [7, 11) is 11.2. The first-order chi connectivity index (χ1) is 26.3. The van der Waals surface area contributed by atoms with E-state index in [-0.39, 0.29) is 0 Å². The van der Waals surface area contributed by atoms with Crippen LogP contribution in [0, 0.1) is 0 Å². The summed E-state index contributed by atoms with van der Waals surface area (Å²) in [5.74, 6) is 1.87. The molecule has 0 aliphatic heterocycles. The maximum Gasteiger partial charge on any atom is 0.164 e. The highest BCUT2D eigenvalue weighted by atomic mass is 16.3. The molecule has 9 rings (SSSR count). The summed E-state index contributed by atoms with van der Waals surface area (Å²) in [6.07, 6.45) is 0. The van der Waals surface area contributed by atoms with Crippen molar-refractivity contribution in [2.24, 2.45) is 0 Å². The van der Waals surface area contributed by atoms with Crippen LogP contribution in [-0.4, -0.2) is 54.2 Å². The Morgan fingerprint density at radius 1 is 0.315 bits per heavy atom. The van der Waals surface area contributed by atoms with E-state index in [1.807, 2.05) is 66.7 Å². The number of hydrogen-bond acceptors (Lipinski definition) is 4. The van der Waals surface area contributed by atoms with Crippen molar-refractivity contribution in [2.45, 2.75) is 0 Å². The second-order valence-corrected chi connectivity index (χ2v) is 14.2. The lowest BCUT2D eigenvalue weighted by molar-refractivity contribution is 0.669. The van der Waals surface area contributed by atoms with E-state index in [0.717, 1.165) is 49.8 Å². The molecule has 2 heterocycles. The van der Waals surface area contributed by atoms with Crippen molar-refractivity contribution in [3.8, 4) is 67.5 Å². The normalized spacial score (nSPS) is 11.3. The highest BCUT2D eigenvalue weighted by Gasteiger charge is 2.16. The van der Waals surface area contributed by atoms with Crippen LogP contribution in [0.15, 0.2) is 150 Å². The summed E-state index contributed by atoms with van der Waals surface area (Å²) < 4.78 is 6.42. The van der Waals surface area contributed by atoms with Gasteiger partial charge in [-0.15, -0.1) is 16.4 Å². The molecule has 9 heteroatoms. The second kappa shape index (κ2) is 13.6. The topological polar surface area (TPSA) is 51.8 Å². The third kappa shape index (κ3) is 5.96. The van der Waals surface area contributed by atoms with Gasteiger partial charge in [-0.1, -0.05) is 132 Å². The quantitative estimate of drug-likeness (QED) is 0.253. The molecule has 0 bridgehead atoms. The SMILES string of the molecule is Bc1c(B)c(B)c(-c2ccc(-c3ccc(-c4ccc5oc6cc(-c7nc(-c8ccccc8)nc(-c8ccccc8)n7)ccc6c5c4)cc3)cc2)c(B)c1B. The number of benzene rings is 7. The van der Waals surface area contributed by atoms with E-state index in [0.29, 0.717) is 17.5 Å². The van der Waals surface area contributed by atoms with Crippen molar-refractivity contribution >= 4 is 88.5 Å². The number of aromatic nitrogens is 3. The number of fused-ring (bicyclic) bond motifs is 3. The molecule has 0 spiro atoms. The zero-order valence-electron chi connectivity index (χ0n) is 31.1. The van der Waals surface area contributed by atoms with Crippen molar-refractivity contribution < 1.29 is 4.42 Å². The minimum Gasteiger partial charge on any atom is -0.456 e. The van der Waals surface area contributed by atoms with Gasteiger partial charge in [-0.25, -0.2) is 15.0 Å². The van der Waals surface area contributed by atoms with Crippen LogP contribution in [0.1, 0.15) is 0 Å². The molecule has 0 radical (unpaired) electrons. The Labute approximate surface area is 319 Å². The van der Waals surface area contributed by atoms with Crippen LogP contribution in [0.2, 0.25) is 0 Å². The molecule has 0 N–H and O–H groups in total. The minimum absolute atomic E-state index is 0.603. The van der Waals surface area contributed by atoms with Crippen molar-refractivity contribution in [2.75, 3.05) is 0 Å². The van der Waals surface area contributed by atoms with Crippen LogP contribution in [-0.2, 0) is 0 Å². The molecule has 0 fully saturated rings. The maximum atomic E-state index is 6.42. The van der Waals surface area contributed by atoms with Gasteiger partial charge in [0.25, 0.3) is 0 Å². The summed E-state index contributed by atoms with van der Waals surface area (Å²) in [6, 6.07) is 50.6. The largest absolute Gasteiger partial charge is 0.456 e. The van der Waals surface area contributed by atoms with Crippen LogP contribution < -0.4 is 27.3 Å². The summed E-state index contributed by atoms with van der Waals surface area (Å²) in [6.45, 7) is 0. The molecule has 0 saturated heterocycles. The zero-order chi connectivity index (χ0) is 36.9. The highest BCUT2D eigenvalue weighted by Crippen LogP contribution is 2.35. The molecular weight excluding hydrogens is 653 g/mol. The zero-order valence-corrected chi connectivity index (χ0v) is 31.1.